The van der Waals surface area contributed by atoms with Crippen molar-refractivity contribution in [3.8, 4) is 0 Å². The lowest BCUT2D eigenvalue weighted by atomic mass is 9.99. The number of halogens is 1. The predicted octanol–water partition coefficient (Wildman–Crippen LogP) is 2.61. The Morgan fingerprint density at radius 3 is 2.43 bits per heavy atom. The Hall–Kier alpha value is -1.29. The van der Waals surface area contributed by atoms with Crippen LogP contribution in [0.1, 0.15) is 48.7 Å². The fourth-order valence-electron chi connectivity index (χ4n) is 3.20. The summed E-state index contributed by atoms with van der Waals surface area (Å²) < 4.78 is 5.18. The lowest BCUT2D eigenvalue weighted by Gasteiger charge is -2.30. The summed E-state index contributed by atoms with van der Waals surface area (Å²) in [4.78, 5) is 18.7. The maximum absolute atomic E-state index is 11.9. The molecule has 0 saturated carbocycles. The molecule has 1 fully saturated rings. The van der Waals surface area contributed by atoms with Crippen LogP contribution in [0.5, 0.6) is 0 Å². The molecule has 0 aliphatic carbocycles. The molecular formula is C20H36IN5O2. The van der Waals surface area contributed by atoms with Crippen molar-refractivity contribution in [2.24, 2.45) is 10.9 Å². The van der Waals surface area contributed by atoms with E-state index < -0.39 is 0 Å². The van der Waals surface area contributed by atoms with Gasteiger partial charge in [0.1, 0.15) is 0 Å². The van der Waals surface area contributed by atoms with Crippen molar-refractivity contribution in [3.05, 3.63) is 23.7 Å². The van der Waals surface area contributed by atoms with E-state index >= 15 is 0 Å². The number of furan rings is 1. The molecule has 8 heteroatoms. The Bertz CT molecular complexity index is 597. The first kappa shape index (κ1) is 24.7. The summed E-state index contributed by atoms with van der Waals surface area (Å²) in [6.07, 6.45) is 6.12. The van der Waals surface area contributed by atoms with E-state index in [0.29, 0.717) is 12.3 Å². The Kier molecular flexibility index (Phi) is 12.2. The average molecular weight is 505 g/mol. The van der Waals surface area contributed by atoms with Gasteiger partial charge in [0.2, 0.25) is 0 Å². The highest BCUT2D eigenvalue weighted by Crippen LogP contribution is 2.15. The van der Waals surface area contributed by atoms with Crippen molar-refractivity contribution in [1.29, 1.82) is 0 Å². The van der Waals surface area contributed by atoms with Crippen LogP contribution in [0.3, 0.4) is 0 Å². The molecule has 1 aromatic rings. The summed E-state index contributed by atoms with van der Waals surface area (Å²) in [5.74, 6) is 1.93. The maximum atomic E-state index is 11.9. The monoisotopic (exact) mass is 505 g/mol. The van der Waals surface area contributed by atoms with Crippen LogP contribution in [0.4, 0.5) is 0 Å². The zero-order valence-corrected chi connectivity index (χ0v) is 19.8. The van der Waals surface area contributed by atoms with E-state index in [1.807, 2.05) is 6.92 Å². The van der Waals surface area contributed by atoms with E-state index in [1.54, 1.807) is 13.1 Å². The average Bonchev–Trinajstić information content (AvgIpc) is 3.10. The van der Waals surface area contributed by atoms with Gasteiger partial charge in [0, 0.05) is 32.2 Å². The number of piperidine rings is 1. The summed E-state index contributed by atoms with van der Waals surface area (Å²) in [7, 11) is 1.78. The van der Waals surface area contributed by atoms with Gasteiger partial charge in [-0.05, 0) is 64.2 Å². The maximum Gasteiger partial charge on any atom is 0.287 e. The molecule has 0 bridgehead atoms. The SMILES string of the molecule is CN=C(NCCCNC(=O)c1occc1C)NCCCN1CCC(C)CC1.I. The zero-order chi connectivity index (χ0) is 19.5. The van der Waals surface area contributed by atoms with E-state index in [9.17, 15) is 4.79 Å². The van der Waals surface area contributed by atoms with Crippen LogP contribution in [0.15, 0.2) is 21.7 Å². The number of guanidine groups is 1. The number of hydrogen-bond acceptors (Lipinski definition) is 4. The standard InChI is InChI=1S/C20H35N5O2.HI/c1-16-6-13-25(14-7-16)12-5-11-24-20(21-3)23-10-4-9-22-19(26)18-17(2)8-15-27-18;/h8,15-16H,4-7,9-14H2,1-3H3,(H,22,26)(H2,21,23,24);1H. The fraction of sp³-hybridized carbons (Fsp3) is 0.700. The molecule has 0 aromatic carbocycles. The predicted molar refractivity (Wildman–Crippen MR) is 125 cm³/mol. The molecule has 1 amide bonds. The number of likely N-dealkylation sites (tertiary alicyclic amines) is 1. The molecule has 0 radical (unpaired) electrons. The van der Waals surface area contributed by atoms with Crippen molar-refractivity contribution >= 4 is 35.8 Å². The molecule has 7 nitrogen and oxygen atoms in total. The quantitative estimate of drug-likeness (QED) is 0.208. The minimum atomic E-state index is -0.160. The Morgan fingerprint density at radius 2 is 1.82 bits per heavy atom. The van der Waals surface area contributed by atoms with Crippen LogP contribution in [0.2, 0.25) is 0 Å². The van der Waals surface area contributed by atoms with Crippen LogP contribution >= 0.6 is 24.0 Å². The number of amides is 1. The number of rotatable bonds is 9. The second kappa shape index (κ2) is 13.8. The number of carbonyl (C=O) groups excluding carboxylic acids is 1. The molecule has 0 spiro atoms. The van der Waals surface area contributed by atoms with Gasteiger partial charge in [0.25, 0.3) is 5.91 Å². The lowest BCUT2D eigenvalue weighted by molar-refractivity contribution is 0.0925. The number of aliphatic imine (C=N–C) groups is 1. The van der Waals surface area contributed by atoms with Gasteiger partial charge < -0.3 is 25.3 Å². The third-order valence-electron chi connectivity index (χ3n) is 5.04. The molecular weight excluding hydrogens is 469 g/mol. The first-order chi connectivity index (χ1) is 13.1. The number of nitrogens with one attached hydrogen (secondary N) is 3. The van der Waals surface area contributed by atoms with Gasteiger partial charge in [0.05, 0.1) is 6.26 Å². The van der Waals surface area contributed by atoms with Gasteiger partial charge in [-0.2, -0.15) is 0 Å². The van der Waals surface area contributed by atoms with Crippen molar-refractivity contribution in [3.63, 3.8) is 0 Å². The molecule has 2 heterocycles. The molecule has 2 rings (SSSR count). The normalized spacial score (nSPS) is 15.8. The molecule has 1 saturated heterocycles. The van der Waals surface area contributed by atoms with Crippen LogP contribution in [-0.4, -0.2) is 63.1 Å². The molecule has 0 unspecified atom stereocenters. The van der Waals surface area contributed by atoms with E-state index in [0.717, 1.165) is 49.9 Å². The molecule has 160 valence electrons. The van der Waals surface area contributed by atoms with Crippen molar-refractivity contribution in [2.75, 3.05) is 46.3 Å². The van der Waals surface area contributed by atoms with Gasteiger partial charge in [-0.15, -0.1) is 24.0 Å². The molecule has 1 aromatic heterocycles. The number of nitrogens with zero attached hydrogens (tertiary/aromatic N) is 2. The van der Waals surface area contributed by atoms with E-state index in [2.05, 4.69) is 32.8 Å². The lowest BCUT2D eigenvalue weighted by Crippen LogP contribution is -2.40. The Labute approximate surface area is 186 Å². The van der Waals surface area contributed by atoms with Gasteiger partial charge in [-0.1, -0.05) is 6.92 Å². The molecule has 1 aliphatic heterocycles. The third kappa shape index (κ3) is 8.81. The second-order valence-electron chi connectivity index (χ2n) is 7.35. The highest BCUT2D eigenvalue weighted by molar-refractivity contribution is 14.0. The largest absolute Gasteiger partial charge is 0.459 e. The van der Waals surface area contributed by atoms with Gasteiger partial charge >= 0.3 is 0 Å². The van der Waals surface area contributed by atoms with Gasteiger partial charge in [0.15, 0.2) is 11.7 Å². The second-order valence-corrected chi connectivity index (χ2v) is 7.35. The fourth-order valence-corrected chi connectivity index (χ4v) is 3.20. The molecule has 3 N–H and O–H groups in total. The zero-order valence-electron chi connectivity index (χ0n) is 17.4. The highest BCUT2D eigenvalue weighted by Gasteiger charge is 2.14. The Balaban J connectivity index is 0.00000392. The van der Waals surface area contributed by atoms with Crippen molar-refractivity contribution in [1.82, 2.24) is 20.9 Å². The van der Waals surface area contributed by atoms with Crippen LogP contribution < -0.4 is 16.0 Å². The summed E-state index contributed by atoms with van der Waals surface area (Å²) in [5.41, 5.74) is 0.856. The summed E-state index contributed by atoms with van der Waals surface area (Å²) >= 11 is 0. The van der Waals surface area contributed by atoms with Gasteiger partial charge in [-0.3, -0.25) is 9.79 Å². The molecule has 1 aliphatic rings. The smallest absolute Gasteiger partial charge is 0.287 e. The first-order valence-electron chi connectivity index (χ1n) is 10.1. The summed E-state index contributed by atoms with van der Waals surface area (Å²) in [5, 5.41) is 9.51. The topological polar surface area (TPSA) is 81.9 Å². The minimum absolute atomic E-state index is 0. The van der Waals surface area contributed by atoms with Crippen molar-refractivity contribution < 1.29 is 9.21 Å². The molecule has 28 heavy (non-hydrogen) atoms. The third-order valence-corrected chi connectivity index (χ3v) is 5.04. The van der Waals surface area contributed by atoms with Crippen molar-refractivity contribution in [2.45, 2.75) is 39.5 Å². The summed E-state index contributed by atoms with van der Waals surface area (Å²) in [6.45, 7) is 10.1. The van der Waals surface area contributed by atoms with Crippen LogP contribution in [-0.2, 0) is 0 Å². The molecule has 0 atom stereocenters. The van der Waals surface area contributed by atoms with E-state index in [-0.39, 0.29) is 29.9 Å². The number of carbonyl (C=O) groups is 1. The van der Waals surface area contributed by atoms with Crippen LogP contribution in [0.25, 0.3) is 0 Å². The minimum Gasteiger partial charge on any atom is -0.459 e. The number of hydrogen-bond donors (Lipinski definition) is 3. The Morgan fingerprint density at radius 1 is 1.18 bits per heavy atom. The van der Waals surface area contributed by atoms with Crippen LogP contribution in [0, 0.1) is 12.8 Å². The highest BCUT2D eigenvalue weighted by atomic mass is 127. The number of aryl methyl sites for hydroxylation is 1. The van der Waals surface area contributed by atoms with Gasteiger partial charge in [-0.25, -0.2) is 0 Å². The first-order valence-corrected chi connectivity index (χ1v) is 10.1. The van der Waals surface area contributed by atoms with E-state index in [4.69, 9.17) is 4.42 Å². The van der Waals surface area contributed by atoms with E-state index in [1.165, 1.54) is 32.2 Å². The summed E-state index contributed by atoms with van der Waals surface area (Å²) in [6, 6.07) is 1.79.